The fourth-order valence-corrected chi connectivity index (χ4v) is 3.17. The van der Waals surface area contributed by atoms with Crippen molar-refractivity contribution in [2.45, 2.75) is 53.0 Å². The molecule has 2 rings (SSSR count). The van der Waals surface area contributed by atoms with Gasteiger partial charge in [-0.15, -0.1) is 0 Å². The Balaban J connectivity index is 2.30. The molecule has 0 saturated heterocycles. The van der Waals surface area contributed by atoms with Crippen LogP contribution in [0.25, 0.3) is 0 Å². The van der Waals surface area contributed by atoms with Gasteiger partial charge in [-0.05, 0) is 43.7 Å². The maximum atomic E-state index is 11.5. The second kappa shape index (κ2) is 5.81. The normalized spacial score (nSPS) is 26.3. The van der Waals surface area contributed by atoms with E-state index < -0.39 is 5.97 Å². The Labute approximate surface area is 120 Å². The summed E-state index contributed by atoms with van der Waals surface area (Å²) in [5, 5.41) is 12.8. The van der Waals surface area contributed by atoms with Gasteiger partial charge >= 0.3 is 5.97 Å². The molecular formula is C16H24N2O2. The Bertz CT molecular complexity index is 513. The average Bonchev–Trinajstić information content (AvgIpc) is 2.33. The number of carboxylic acid groups (broad SMARTS) is 1. The molecule has 0 bridgehead atoms. The van der Waals surface area contributed by atoms with Crippen molar-refractivity contribution in [3.05, 3.63) is 22.9 Å². The van der Waals surface area contributed by atoms with Crippen LogP contribution in [-0.4, -0.2) is 22.1 Å². The maximum absolute atomic E-state index is 11.5. The number of anilines is 1. The summed E-state index contributed by atoms with van der Waals surface area (Å²) >= 11 is 0. The molecule has 110 valence electrons. The third kappa shape index (κ3) is 2.94. The summed E-state index contributed by atoms with van der Waals surface area (Å²) in [6, 6.07) is 2.13. The molecule has 2 N–H and O–H groups in total. The minimum absolute atomic E-state index is 0.307. The van der Waals surface area contributed by atoms with Crippen molar-refractivity contribution in [1.29, 1.82) is 0 Å². The quantitative estimate of drug-likeness (QED) is 0.885. The van der Waals surface area contributed by atoms with Crippen LogP contribution in [0.5, 0.6) is 0 Å². The molecule has 1 aromatic heterocycles. The number of hydrogen-bond acceptors (Lipinski definition) is 3. The molecule has 4 nitrogen and oxygen atoms in total. The number of pyridine rings is 1. The van der Waals surface area contributed by atoms with Crippen molar-refractivity contribution in [3.63, 3.8) is 0 Å². The van der Waals surface area contributed by atoms with Crippen molar-refractivity contribution in [2.24, 2.45) is 11.8 Å². The highest BCUT2D eigenvalue weighted by molar-refractivity contribution is 5.94. The van der Waals surface area contributed by atoms with E-state index in [0.717, 1.165) is 17.7 Å². The average molecular weight is 276 g/mol. The van der Waals surface area contributed by atoms with Crippen molar-refractivity contribution in [1.82, 2.24) is 4.98 Å². The number of aromatic carboxylic acids is 1. The predicted molar refractivity (Wildman–Crippen MR) is 80.3 cm³/mol. The summed E-state index contributed by atoms with van der Waals surface area (Å²) in [4.78, 5) is 15.9. The smallest absolute Gasteiger partial charge is 0.339 e. The summed E-state index contributed by atoms with van der Waals surface area (Å²) in [5.41, 5.74) is 1.93. The van der Waals surface area contributed by atoms with Crippen molar-refractivity contribution >= 4 is 11.8 Å². The van der Waals surface area contributed by atoms with Crippen LogP contribution < -0.4 is 5.32 Å². The van der Waals surface area contributed by atoms with Gasteiger partial charge in [-0.2, -0.15) is 0 Å². The number of nitrogens with one attached hydrogen (secondary N) is 1. The van der Waals surface area contributed by atoms with Crippen LogP contribution >= 0.6 is 0 Å². The Kier molecular flexibility index (Phi) is 4.31. The Hall–Kier alpha value is -1.58. The number of aromatic nitrogens is 1. The zero-order chi connectivity index (χ0) is 14.9. The van der Waals surface area contributed by atoms with Crippen molar-refractivity contribution < 1.29 is 9.90 Å². The number of rotatable bonds is 3. The van der Waals surface area contributed by atoms with E-state index in [4.69, 9.17) is 0 Å². The number of aryl methyl sites for hydroxylation is 2. The zero-order valence-electron chi connectivity index (χ0n) is 12.7. The minimum Gasteiger partial charge on any atom is -0.478 e. The van der Waals surface area contributed by atoms with Crippen LogP contribution in [0.15, 0.2) is 6.07 Å². The van der Waals surface area contributed by atoms with Crippen LogP contribution in [0.2, 0.25) is 0 Å². The Morgan fingerprint density at radius 1 is 1.35 bits per heavy atom. The molecule has 4 heteroatoms. The highest BCUT2D eigenvalue weighted by Gasteiger charge is 2.28. The lowest BCUT2D eigenvalue weighted by atomic mass is 9.78. The van der Waals surface area contributed by atoms with E-state index >= 15 is 0 Å². The van der Waals surface area contributed by atoms with E-state index in [0.29, 0.717) is 29.3 Å². The standard InChI is InChI=1S/C16H24N2O2/c1-9-6-5-7-13(12(9)4)18-15-14(16(19)20)10(2)8-11(3)17-15/h8-9,12-13H,5-7H2,1-4H3,(H,17,18)(H,19,20). The van der Waals surface area contributed by atoms with E-state index in [1.807, 2.05) is 19.9 Å². The maximum Gasteiger partial charge on any atom is 0.339 e. The second-order valence-corrected chi connectivity index (χ2v) is 6.13. The lowest BCUT2D eigenvalue weighted by molar-refractivity contribution is 0.0696. The molecule has 1 aromatic rings. The molecule has 1 aliphatic rings. The molecule has 0 amide bonds. The summed E-state index contributed by atoms with van der Waals surface area (Å²) in [5.74, 6) is 0.823. The van der Waals surface area contributed by atoms with Gasteiger partial charge in [0.05, 0.1) is 0 Å². The van der Waals surface area contributed by atoms with Gasteiger partial charge in [-0.25, -0.2) is 9.78 Å². The van der Waals surface area contributed by atoms with Gasteiger partial charge in [-0.1, -0.05) is 26.7 Å². The molecule has 1 saturated carbocycles. The fourth-order valence-electron chi connectivity index (χ4n) is 3.17. The van der Waals surface area contributed by atoms with Crippen molar-refractivity contribution in [2.75, 3.05) is 5.32 Å². The van der Waals surface area contributed by atoms with Crippen LogP contribution in [0.4, 0.5) is 5.82 Å². The third-order valence-electron chi connectivity index (χ3n) is 4.59. The molecule has 1 aliphatic carbocycles. The van der Waals surface area contributed by atoms with Gasteiger partial charge in [0.2, 0.25) is 0 Å². The monoisotopic (exact) mass is 276 g/mol. The van der Waals surface area contributed by atoms with Crippen LogP contribution in [0.3, 0.4) is 0 Å². The van der Waals surface area contributed by atoms with Crippen LogP contribution in [0, 0.1) is 25.7 Å². The summed E-state index contributed by atoms with van der Waals surface area (Å²) in [7, 11) is 0. The Morgan fingerprint density at radius 3 is 2.70 bits per heavy atom. The summed E-state index contributed by atoms with van der Waals surface area (Å²) in [6.07, 6.45) is 3.53. The molecule has 3 unspecified atom stereocenters. The first-order valence-electron chi connectivity index (χ1n) is 7.38. The van der Waals surface area contributed by atoms with E-state index in [1.165, 1.54) is 12.8 Å². The third-order valence-corrected chi connectivity index (χ3v) is 4.59. The lowest BCUT2D eigenvalue weighted by Crippen LogP contribution is -2.36. The first-order valence-corrected chi connectivity index (χ1v) is 7.38. The van der Waals surface area contributed by atoms with Gasteiger partial charge in [0.1, 0.15) is 11.4 Å². The van der Waals surface area contributed by atoms with E-state index in [1.54, 1.807) is 0 Å². The highest BCUT2D eigenvalue weighted by Crippen LogP contribution is 2.32. The fraction of sp³-hybridized carbons (Fsp3) is 0.625. The van der Waals surface area contributed by atoms with E-state index in [9.17, 15) is 9.90 Å². The number of carbonyl (C=O) groups is 1. The molecule has 1 fully saturated rings. The number of hydrogen-bond donors (Lipinski definition) is 2. The van der Waals surface area contributed by atoms with Gasteiger partial charge in [0.15, 0.2) is 0 Å². The molecule has 0 aromatic carbocycles. The van der Waals surface area contributed by atoms with Gasteiger partial charge in [-0.3, -0.25) is 0 Å². The van der Waals surface area contributed by atoms with Gasteiger partial charge in [0.25, 0.3) is 0 Å². The number of nitrogens with zero attached hydrogens (tertiary/aromatic N) is 1. The van der Waals surface area contributed by atoms with Crippen molar-refractivity contribution in [3.8, 4) is 0 Å². The van der Waals surface area contributed by atoms with Gasteiger partial charge in [0, 0.05) is 11.7 Å². The summed E-state index contributed by atoms with van der Waals surface area (Å²) < 4.78 is 0. The zero-order valence-corrected chi connectivity index (χ0v) is 12.7. The first-order chi connectivity index (χ1) is 9.40. The SMILES string of the molecule is Cc1cc(C)c(C(=O)O)c(NC2CCCC(C)C2C)n1. The highest BCUT2D eigenvalue weighted by atomic mass is 16.4. The van der Waals surface area contributed by atoms with E-state index in [2.05, 4.69) is 24.1 Å². The molecule has 3 atom stereocenters. The lowest BCUT2D eigenvalue weighted by Gasteiger charge is -2.35. The Morgan fingerprint density at radius 2 is 2.05 bits per heavy atom. The topological polar surface area (TPSA) is 62.2 Å². The van der Waals surface area contributed by atoms with Crippen LogP contribution in [-0.2, 0) is 0 Å². The van der Waals surface area contributed by atoms with E-state index in [-0.39, 0.29) is 0 Å². The first kappa shape index (κ1) is 14.8. The molecule has 20 heavy (non-hydrogen) atoms. The molecule has 0 spiro atoms. The largest absolute Gasteiger partial charge is 0.478 e. The summed E-state index contributed by atoms with van der Waals surface area (Å²) in [6.45, 7) is 8.24. The van der Waals surface area contributed by atoms with Crippen LogP contribution in [0.1, 0.15) is 54.7 Å². The number of carboxylic acids is 1. The molecular weight excluding hydrogens is 252 g/mol. The predicted octanol–water partition coefficient (Wildman–Crippen LogP) is 3.63. The molecule has 0 aliphatic heterocycles. The molecule has 0 radical (unpaired) electrons. The van der Waals surface area contributed by atoms with Gasteiger partial charge < -0.3 is 10.4 Å². The second-order valence-electron chi connectivity index (χ2n) is 6.13. The molecule has 1 heterocycles. The minimum atomic E-state index is -0.908.